The summed E-state index contributed by atoms with van der Waals surface area (Å²) in [4.78, 5) is 49.0. The number of hydrogen-bond acceptors (Lipinski definition) is 6. The molecule has 2 amide bonds. The molecule has 4 rings (SSSR count). The van der Waals surface area contributed by atoms with Crippen LogP contribution in [-0.2, 0) is 23.9 Å². The lowest BCUT2D eigenvalue weighted by Crippen LogP contribution is -2.61. The number of alkyl carbamates (subject to hydrolysis) is 1. The molecule has 1 unspecified atom stereocenters. The van der Waals surface area contributed by atoms with Gasteiger partial charge >= 0.3 is 18.0 Å². The highest BCUT2D eigenvalue weighted by molar-refractivity contribution is 5.94. The van der Waals surface area contributed by atoms with Gasteiger partial charge in [0.15, 0.2) is 0 Å². The van der Waals surface area contributed by atoms with E-state index in [2.05, 4.69) is 15.4 Å². The predicted octanol–water partition coefficient (Wildman–Crippen LogP) is 2.83. The number of rotatable bonds is 9. The van der Waals surface area contributed by atoms with Crippen LogP contribution in [0.2, 0.25) is 0 Å². The van der Waals surface area contributed by atoms with Gasteiger partial charge in [0.25, 0.3) is 0 Å². The van der Waals surface area contributed by atoms with Crippen LogP contribution in [0.15, 0.2) is 48.5 Å². The van der Waals surface area contributed by atoms with Crippen molar-refractivity contribution in [3.8, 4) is 11.1 Å². The third kappa shape index (κ3) is 4.99. The van der Waals surface area contributed by atoms with Gasteiger partial charge in [0, 0.05) is 5.92 Å². The van der Waals surface area contributed by atoms with Gasteiger partial charge in [-0.15, -0.1) is 0 Å². The molecule has 184 valence electrons. The fraction of sp³-hybridized carbons (Fsp3) is 0.385. The smallest absolute Gasteiger partial charge is 0.408 e. The standard InChI is InChI=1S/C26H28N2O7/c1-26(15-11-12-15,24(32)27-21(23(30)31)13-22(29)34-2)28-25(33)35-14-20-18-9-5-3-7-16(18)17-8-4-6-10-19(17)20/h3-10,15,20-21H,11-14H2,1-2H3,(H,27,32)(H,28,33)(H,30,31)/t21-,26?/m1/s1. The minimum atomic E-state index is -1.47. The lowest BCUT2D eigenvalue weighted by Gasteiger charge is -2.30. The summed E-state index contributed by atoms with van der Waals surface area (Å²) < 4.78 is 10.1. The molecule has 1 fully saturated rings. The van der Waals surface area contributed by atoms with E-state index in [0.717, 1.165) is 29.4 Å². The summed E-state index contributed by atoms with van der Waals surface area (Å²) >= 11 is 0. The summed E-state index contributed by atoms with van der Waals surface area (Å²) in [6.07, 6.45) is 0.102. The van der Waals surface area contributed by atoms with Gasteiger partial charge in [0.05, 0.1) is 13.5 Å². The Hall–Kier alpha value is -3.88. The molecule has 9 heteroatoms. The normalized spacial score (nSPS) is 16.7. The Kier molecular flexibility index (Phi) is 6.77. The third-order valence-electron chi connectivity index (χ3n) is 6.77. The number of hydrogen-bond donors (Lipinski definition) is 3. The first-order chi connectivity index (χ1) is 16.7. The predicted molar refractivity (Wildman–Crippen MR) is 126 cm³/mol. The third-order valence-corrected chi connectivity index (χ3v) is 6.77. The minimum Gasteiger partial charge on any atom is -0.480 e. The number of carbonyl (C=O) groups excluding carboxylic acids is 3. The second-order valence-electron chi connectivity index (χ2n) is 9.07. The lowest BCUT2D eigenvalue weighted by atomic mass is 9.94. The first-order valence-electron chi connectivity index (χ1n) is 11.5. The summed E-state index contributed by atoms with van der Waals surface area (Å²) in [6, 6.07) is 14.4. The zero-order valence-corrected chi connectivity index (χ0v) is 19.6. The van der Waals surface area contributed by atoms with E-state index in [9.17, 15) is 24.3 Å². The topological polar surface area (TPSA) is 131 Å². The maximum atomic E-state index is 13.1. The molecule has 2 aromatic carbocycles. The first kappa shape index (κ1) is 24.3. The molecule has 0 spiro atoms. The van der Waals surface area contributed by atoms with Crippen LogP contribution in [0.5, 0.6) is 0 Å². The Balaban J connectivity index is 1.44. The number of esters is 1. The Morgan fingerprint density at radius 2 is 1.60 bits per heavy atom. The van der Waals surface area contributed by atoms with E-state index >= 15 is 0 Å². The Labute approximate surface area is 202 Å². The molecule has 2 atom stereocenters. The van der Waals surface area contributed by atoms with Gasteiger partial charge in [0.2, 0.25) is 5.91 Å². The highest BCUT2D eigenvalue weighted by atomic mass is 16.5. The number of nitrogens with one attached hydrogen (secondary N) is 2. The molecule has 0 heterocycles. The van der Waals surface area contributed by atoms with E-state index in [-0.39, 0.29) is 18.4 Å². The Morgan fingerprint density at radius 3 is 2.11 bits per heavy atom. The van der Waals surface area contributed by atoms with E-state index in [1.807, 2.05) is 48.5 Å². The SMILES string of the molecule is COC(=O)C[C@@H](NC(=O)C(C)(NC(=O)OCC1c2ccccc2-c2ccccc21)C1CC1)C(=O)O. The Bertz CT molecular complexity index is 1110. The number of carbonyl (C=O) groups is 4. The van der Waals surface area contributed by atoms with Crippen molar-refractivity contribution in [1.82, 2.24) is 10.6 Å². The van der Waals surface area contributed by atoms with Crippen LogP contribution in [0.3, 0.4) is 0 Å². The molecular weight excluding hydrogens is 452 g/mol. The summed E-state index contributed by atoms with van der Waals surface area (Å²) in [5.74, 6) is -3.13. The quantitative estimate of drug-likeness (QED) is 0.470. The molecule has 3 N–H and O–H groups in total. The molecule has 0 saturated heterocycles. The number of fused-ring (bicyclic) bond motifs is 3. The first-order valence-corrected chi connectivity index (χ1v) is 11.5. The van der Waals surface area contributed by atoms with E-state index < -0.39 is 41.9 Å². The molecule has 0 radical (unpaired) electrons. The number of amides is 2. The van der Waals surface area contributed by atoms with Crippen LogP contribution in [-0.4, -0.2) is 54.3 Å². The van der Waals surface area contributed by atoms with Crippen LogP contribution in [0.25, 0.3) is 11.1 Å². The van der Waals surface area contributed by atoms with Crippen molar-refractivity contribution in [2.24, 2.45) is 5.92 Å². The minimum absolute atomic E-state index is 0.0856. The molecule has 2 aliphatic rings. The summed E-state index contributed by atoms with van der Waals surface area (Å²) in [7, 11) is 1.14. The maximum absolute atomic E-state index is 13.1. The van der Waals surface area contributed by atoms with Gasteiger partial charge < -0.3 is 25.2 Å². The van der Waals surface area contributed by atoms with Gasteiger partial charge in [-0.05, 0) is 47.9 Å². The zero-order valence-electron chi connectivity index (χ0n) is 19.6. The fourth-order valence-electron chi connectivity index (χ4n) is 4.61. The van der Waals surface area contributed by atoms with Crippen LogP contribution in [0, 0.1) is 5.92 Å². The number of ether oxygens (including phenoxy) is 2. The van der Waals surface area contributed by atoms with E-state index in [0.29, 0.717) is 12.8 Å². The van der Waals surface area contributed by atoms with Crippen molar-refractivity contribution in [2.75, 3.05) is 13.7 Å². The average molecular weight is 481 g/mol. The number of aliphatic carboxylic acids is 1. The number of benzene rings is 2. The van der Waals surface area contributed by atoms with E-state index in [1.54, 1.807) is 6.92 Å². The molecule has 0 bridgehead atoms. The van der Waals surface area contributed by atoms with Gasteiger partial charge in [-0.3, -0.25) is 9.59 Å². The van der Waals surface area contributed by atoms with E-state index in [1.165, 1.54) is 0 Å². The maximum Gasteiger partial charge on any atom is 0.408 e. The molecule has 9 nitrogen and oxygen atoms in total. The van der Waals surface area contributed by atoms with Crippen LogP contribution in [0.1, 0.15) is 43.2 Å². The summed E-state index contributed by atoms with van der Waals surface area (Å²) in [5.41, 5.74) is 2.95. The van der Waals surface area contributed by atoms with Gasteiger partial charge in [-0.2, -0.15) is 0 Å². The van der Waals surface area contributed by atoms with Crippen LogP contribution >= 0.6 is 0 Å². The zero-order chi connectivity index (χ0) is 25.2. The van der Waals surface area contributed by atoms with Crippen molar-refractivity contribution in [1.29, 1.82) is 0 Å². The fourth-order valence-corrected chi connectivity index (χ4v) is 4.61. The summed E-state index contributed by atoms with van der Waals surface area (Å²) in [5, 5.41) is 14.4. The van der Waals surface area contributed by atoms with Crippen molar-refractivity contribution >= 4 is 23.9 Å². The largest absolute Gasteiger partial charge is 0.480 e. The molecule has 35 heavy (non-hydrogen) atoms. The van der Waals surface area contributed by atoms with Crippen molar-refractivity contribution < 1.29 is 33.8 Å². The molecule has 2 aromatic rings. The van der Waals surface area contributed by atoms with E-state index in [4.69, 9.17) is 4.74 Å². The molecule has 1 saturated carbocycles. The van der Waals surface area contributed by atoms with Crippen molar-refractivity contribution in [3.63, 3.8) is 0 Å². The van der Waals surface area contributed by atoms with Crippen LogP contribution in [0.4, 0.5) is 4.79 Å². The second kappa shape index (κ2) is 9.77. The molecule has 2 aliphatic carbocycles. The second-order valence-corrected chi connectivity index (χ2v) is 9.07. The lowest BCUT2D eigenvalue weighted by molar-refractivity contribution is -0.149. The monoisotopic (exact) mass is 480 g/mol. The number of carboxylic acid groups (broad SMARTS) is 1. The van der Waals surface area contributed by atoms with Gasteiger partial charge in [-0.1, -0.05) is 48.5 Å². The van der Waals surface area contributed by atoms with Gasteiger partial charge in [-0.25, -0.2) is 9.59 Å². The Morgan fingerprint density at radius 1 is 1.03 bits per heavy atom. The van der Waals surface area contributed by atoms with Crippen molar-refractivity contribution in [2.45, 2.75) is 43.7 Å². The molecule has 0 aliphatic heterocycles. The average Bonchev–Trinajstić information content (AvgIpc) is 3.66. The number of methoxy groups -OCH3 is 1. The van der Waals surface area contributed by atoms with Crippen LogP contribution < -0.4 is 10.6 Å². The summed E-state index contributed by atoms with van der Waals surface area (Å²) in [6.45, 7) is 1.63. The molecule has 0 aromatic heterocycles. The van der Waals surface area contributed by atoms with Crippen molar-refractivity contribution in [3.05, 3.63) is 59.7 Å². The van der Waals surface area contributed by atoms with Gasteiger partial charge in [0.1, 0.15) is 18.2 Å². The molecular formula is C26H28N2O7. The number of carboxylic acids is 1. The highest BCUT2D eigenvalue weighted by Crippen LogP contribution is 2.44. The highest BCUT2D eigenvalue weighted by Gasteiger charge is 2.49.